The van der Waals surface area contributed by atoms with Crippen LogP contribution in [0.5, 0.6) is 5.75 Å². The highest BCUT2D eigenvalue weighted by molar-refractivity contribution is 7.89. The lowest BCUT2D eigenvalue weighted by molar-refractivity contribution is 0.102. The standard InChI is InChI=1S/C22H24N2O4S/c1-15(2)24(3)29(26,27)19-11-9-18(10-12-19)23-22(25)20-13-16-7-5-6-8-17(16)14-21(20)28-4/h5-15H,1-4H3,(H,23,25). The van der Waals surface area contributed by atoms with Crippen molar-refractivity contribution >= 4 is 32.4 Å². The number of methoxy groups -OCH3 is 1. The monoisotopic (exact) mass is 412 g/mol. The fourth-order valence-electron chi connectivity index (χ4n) is 2.92. The van der Waals surface area contributed by atoms with Gasteiger partial charge in [0.2, 0.25) is 10.0 Å². The van der Waals surface area contributed by atoms with Crippen molar-refractivity contribution < 1.29 is 17.9 Å². The van der Waals surface area contributed by atoms with E-state index in [0.717, 1.165) is 10.8 Å². The van der Waals surface area contributed by atoms with E-state index in [1.807, 2.05) is 44.2 Å². The fourth-order valence-corrected chi connectivity index (χ4v) is 4.29. The Bertz CT molecular complexity index is 1140. The van der Waals surface area contributed by atoms with Crippen LogP contribution in [-0.2, 0) is 10.0 Å². The topological polar surface area (TPSA) is 75.7 Å². The second-order valence-electron chi connectivity index (χ2n) is 6.99. The SMILES string of the molecule is COc1cc2ccccc2cc1C(=O)Nc1ccc(S(=O)(=O)N(C)C(C)C)cc1. The third-order valence-electron chi connectivity index (χ3n) is 4.83. The predicted molar refractivity (Wildman–Crippen MR) is 115 cm³/mol. The molecule has 0 saturated carbocycles. The summed E-state index contributed by atoms with van der Waals surface area (Å²) in [6, 6.07) is 17.3. The van der Waals surface area contributed by atoms with E-state index in [1.165, 1.54) is 23.5 Å². The van der Waals surface area contributed by atoms with Crippen LogP contribution in [0.25, 0.3) is 10.8 Å². The molecule has 0 aliphatic heterocycles. The van der Waals surface area contributed by atoms with Crippen LogP contribution in [-0.4, -0.2) is 38.8 Å². The Hall–Kier alpha value is -2.90. The molecule has 3 rings (SSSR count). The molecule has 0 aliphatic carbocycles. The molecule has 1 N–H and O–H groups in total. The maximum atomic E-state index is 12.8. The molecule has 3 aromatic carbocycles. The molecule has 0 radical (unpaired) electrons. The number of nitrogens with zero attached hydrogens (tertiary/aromatic N) is 1. The number of hydrogen-bond acceptors (Lipinski definition) is 4. The molecule has 6 nitrogen and oxygen atoms in total. The van der Waals surface area contributed by atoms with E-state index in [0.29, 0.717) is 17.0 Å². The van der Waals surface area contributed by atoms with E-state index < -0.39 is 10.0 Å². The Kier molecular flexibility index (Phi) is 5.91. The van der Waals surface area contributed by atoms with Gasteiger partial charge in [-0.1, -0.05) is 24.3 Å². The molecule has 7 heteroatoms. The highest BCUT2D eigenvalue weighted by atomic mass is 32.2. The van der Waals surface area contributed by atoms with E-state index in [4.69, 9.17) is 4.74 Å². The van der Waals surface area contributed by atoms with E-state index in [1.54, 1.807) is 25.2 Å². The molecule has 1 amide bonds. The summed E-state index contributed by atoms with van der Waals surface area (Å²) < 4.78 is 31.8. The molecule has 0 bridgehead atoms. The zero-order valence-electron chi connectivity index (χ0n) is 16.8. The summed E-state index contributed by atoms with van der Waals surface area (Å²) in [5.41, 5.74) is 0.902. The van der Waals surface area contributed by atoms with Crippen LogP contribution in [0.3, 0.4) is 0 Å². The van der Waals surface area contributed by atoms with Crippen LogP contribution in [0.2, 0.25) is 0 Å². The summed E-state index contributed by atoms with van der Waals surface area (Å²) in [4.78, 5) is 13.0. The molecule has 0 heterocycles. The smallest absolute Gasteiger partial charge is 0.259 e. The molecule has 29 heavy (non-hydrogen) atoms. The normalized spacial score (nSPS) is 11.8. The third-order valence-corrected chi connectivity index (χ3v) is 6.88. The summed E-state index contributed by atoms with van der Waals surface area (Å²) >= 11 is 0. The van der Waals surface area contributed by atoms with Crippen molar-refractivity contribution in [3.05, 3.63) is 66.2 Å². The Morgan fingerprint density at radius 2 is 1.59 bits per heavy atom. The van der Waals surface area contributed by atoms with Crippen molar-refractivity contribution in [3.63, 3.8) is 0 Å². The number of carbonyl (C=O) groups excluding carboxylic acids is 1. The van der Waals surface area contributed by atoms with E-state index >= 15 is 0 Å². The number of ether oxygens (including phenoxy) is 1. The van der Waals surface area contributed by atoms with Crippen molar-refractivity contribution in [2.75, 3.05) is 19.5 Å². The second-order valence-corrected chi connectivity index (χ2v) is 8.99. The summed E-state index contributed by atoms with van der Waals surface area (Å²) in [5.74, 6) is 0.140. The minimum absolute atomic E-state index is 0.153. The van der Waals surface area contributed by atoms with E-state index in [-0.39, 0.29) is 16.8 Å². The van der Waals surface area contributed by atoms with Crippen LogP contribution in [0.4, 0.5) is 5.69 Å². The molecular formula is C22H24N2O4S. The lowest BCUT2D eigenvalue weighted by Gasteiger charge is -2.21. The molecule has 0 unspecified atom stereocenters. The quantitative estimate of drug-likeness (QED) is 0.661. The first-order valence-electron chi connectivity index (χ1n) is 9.20. The molecule has 0 saturated heterocycles. The molecule has 0 spiro atoms. The van der Waals surface area contributed by atoms with Gasteiger partial charge in [0.15, 0.2) is 0 Å². The molecule has 0 aliphatic rings. The highest BCUT2D eigenvalue weighted by Crippen LogP contribution is 2.27. The van der Waals surface area contributed by atoms with Crippen molar-refractivity contribution in [2.24, 2.45) is 0 Å². The minimum atomic E-state index is -3.57. The van der Waals surface area contributed by atoms with Gasteiger partial charge in [-0.05, 0) is 61.0 Å². The van der Waals surface area contributed by atoms with Crippen molar-refractivity contribution in [2.45, 2.75) is 24.8 Å². The number of carbonyl (C=O) groups is 1. The van der Waals surface area contributed by atoms with Gasteiger partial charge in [0.1, 0.15) is 5.75 Å². The van der Waals surface area contributed by atoms with Gasteiger partial charge < -0.3 is 10.1 Å². The summed E-state index contributed by atoms with van der Waals surface area (Å²) in [6.07, 6.45) is 0. The molecular weight excluding hydrogens is 388 g/mol. The number of rotatable bonds is 6. The van der Waals surface area contributed by atoms with Crippen LogP contribution < -0.4 is 10.1 Å². The Morgan fingerprint density at radius 1 is 1.00 bits per heavy atom. The number of fused-ring (bicyclic) bond motifs is 1. The lowest BCUT2D eigenvalue weighted by Crippen LogP contribution is -2.33. The van der Waals surface area contributed by atoms with Crippen molar-refractivity contribution in [1.29, 1.82) is 0 Å². The predicted octanol–water partition coefficient (Wildman–Crippen LogP) is 4.13. The van der Waals surface area contributed by atoms with Gasteiger partial charge in [0.25, 0.3) is 5.91 Å². The van der Waals surface area contributed by atoms with Crippen molar-refractivity contribution in [3.8, 4) is 5.75 Å². The first-order chi connectivity index (χ1) is 13.7. The van der Waals surface area contributed by atoms with Crippen LogP contribution in [0, 0.1) is 0 Å². The molecule has 152 valence electrons. The molecule has 3 aromatic rings. The minimum Gasteiger partial charge on any atom is -0.496 e. The zero-order valence-corrected chi connectivity index (χ0v) is 17.7. The fraction of sp³-hybridized carbons (Fsp3) is 0.227. The number of hydrogen-bond donors (Lipinski definition) is 1. The van der Waals surface area contributed by atoms with Gasteiger partial charge in [0.05, 0.1) is 17.6 Å². The van der Waals surface area contributed by atoms with Gasteiger partial charge >= 0.3 is 0 Å². The van der Waals surface area contributed by atoms with Crippen LogP contribution >= 0.6 is 0 Å². The van der Waals surface area contributed by atoms with E-state index in [2.05, 4.69) is 5.32 Å². The number of sulfonamides is 1. The second kappa shape index (κ2) is 8.23. The lowest BCUT2D eigenvalue weighted by atomic mass is 10.1. The first kappa shape index (κ1) is 20.8. The Labute approximate surface area is 171 Å². The van der Waals surface area contributed by atoms with Gasteiger partial charge in [-0.25, -0.2) is 8.42 Å². The number of anilines is 1. The Balaban J connectivity index is 1.86. The summed E-state index contributed by atoms with van der Waals surface area (Å²) in [5, 5.41) is 4.70. The first-order valence-corrected chi connectivity index (χ1v) is 10.6. The summed E-state index contributed by atoms with van der Waals surface area (Å²) in [7, 11) is -0.507. The van der Waals surface area contributed by atoms with Crippen LogP contribution in [0.1, 0.15) is 24.2 Å². The van der Waals surface area contributed by atoms with E-state index in [9.17, 15) is 13.2 Å². The van der Waals surface area contributed by atoms with Gasteiger partial charge in [-0.3, -0.25) is 4.79 Å². The Morgan fingerprint density at radius 3 is 2.14 bits per heavy atom. The molecule has 0 atom stereocenters. The third kappa shape index (κ3) is 4.26. The van der Waals surface area contributed by atoms with Gasteiger partial charge in [-0.15, -0.1) is 0 Å². The molecule has 0 aromatic heterocycles. The summed E-state index contributed by atoms with van der Waals surface area (Å²) in [6.45, 7) is 3.62. The molecule has 0 fully saturated rings. The van der Waals surface area contributed by atoms with Crippen LogP contribution in [0.15, 0.2) is 65.6 Å². The zero-order chi connectivity index (χ0) is 21.2. The number of benzene rings is 3. The maximum Gasteiger partial charge on any atom is 0.259 e. The van der Waals surface area contributed by atoms with Gasteiger partial charge in [-0.2, -0.15) is 4.31 Å². The highest BCUT2D eigenvalue weighted by Gasteiger charge is 2.23. The number of amides is 1. The maximum absolute atomic E-state index is 12.8. The van der Waals surface area contributed by atoms with Gasteiger partial charge in [0, 0.05) is 18.8 Å². The largest absolute Gasteiger partial charge is 0.496 e. The average molecular weight is 413 g/mol. The average Bonchev–Trinajstić information content (AvgIpc) is 2.72. The number of nitrogens with one attached hydrogen (secondary N) is 1. The van der Waals surface area contributed by atoms with Crippen molar-refractivity contribution in [1.82, 2.24) is 4.31 Å².